The number of methoxy groups -OCH3 is 1. The van der Waals surface area contributed by atoms with Crippen LogP contribution >= 0.6 is 0 Å². The number of nitrogens with one attached hydrogen (secondary N) is 3. The highest BCUT2D eigenvalue weighted by atomic mass is 16.5. The molecule has 3 aromatic rings. The maximum atomic E-state index is 14.0. The number of nitrogens with zero attached hydrogens (tertiary/aromatic N) is 2. The minimum absolute atomic E-state index is 0.0684. The highest BCUT2D eigenvalue weighted by Gasteiger charge is 2.32. The Labute approximate surface area is 301 Å². The molecule has 1 fully saturated rings. The van der Waals surface area contributed by atoms with Gasteiger partial charge < -0.3 is 30.5 Å². The summed E-state index contributed by atoms with van der Waals surface area (Å²) < 4.78 is 5.26. The average Bonchev–Trinajstić information content (AvgIpc) is 3.14. The zero-order valence-corrected chi connectivity index (χ0v) is 30.3. The topological polar surface area (TPSA) is 137 Å². The van der Waals surface area contributed by atoms with Crippen LogP contribution in [0, 0.1) is 5.92 Å². The molecule has 1 aliphatic heterocycles. The molecule has 0 radical (unpaired) electrons. The van der Waals surface area contributed by atoms with E-state index in [0.717, 1.165) is 16.7 Å². The predicted molar refractivity (Wildman–Crippen MR) is 197 cm³/mol. The smallest absolute Gasteiger partial charge is 0.254 e. The van der Waals surface area contributed by atoms with Gasteiger partial charge in [-0.3, -0.25) is 24.0 Å². The summed E-state index contributed by atoms with van der Waals surface area (Å²) in [5, 5.41) is 8.69. The van der Waals surface area contributed by atoms with Crippen LogP contribution in [-0.4, -0.2) is 91.3 Å². The minimum Gasteiger partial charge on any atom is -0.497 e. The Kier molecular flexibility index (Phi) is 14.2. The van der Waals surface area contributed by atoms with Crippen molar-refractivity contribution in [2.75, 3.05) is 33.8 Å². The van der Waals surface area contributed by atoms with Gasteiger partial charge in [0.05, 0.1) is 7.11 Å². The standard InChI is InChI=1S/C40H51N5O6/c1-27(2)25-34-38(48)43-35(26-29-18-20-31(51-5)21-19-29)40(50)44(4)28(3)37(47)41-22-12-24-45(23-11-17-36(46)42-34)39(49)33-16-10-9-15-32(33)30-13-7-6-8-14-30/h6-10,13-16,18-21,27-28,34-35H,11-12,17,22-26H2,1-5H3,(H,41,47)(H,42,46)(H,43,48)/t28-,34+,35-/m0/s1. The van der Waals surface area contributed by atoms with Gasteiger partial charge in [0.1, 0.15) is 23.9 Å². The third-order valence-electron chi connectivity index (χ3n) is 9.15. The number of benzene rings is 3. The van der Waals surface area contributed by atoms with Crippen molar-refractivity contribution in [1.82, 2.24) is 25.8 Å². The first kappa shape index (κ1) is 38.6. The van der Waals surface area contributed by atoms with E-state index >= 15 is 0 Å². The van der Waals surface area contributed by atoms with Gasteiger partial charge >= 0.3 is 0 Å². The molecule has 1 heterocycles. The summed E-state index contributed by atoms with van der Waals surface area (Å²) in [5.41, 5.74) is 3.06. The molecular weight excluding hydrogens is 646 g/mol. The first-order valence-corrected chi connectivity index (χ1v) is 17.7. The fourth-order valence-electron chi connectivity index (χ4n) is 6.14. The molecule has 3 atom stereocenters. The number of amides is 5. The molecular formula is C40H51N5O6. The Bertz CT molecular complexity index is 1640. The van der Waals surface area contributed by atoms with Gasteiger partial charge in [0.25, 0.3) is 5.91 Å². The highest BCUT2D eigenvalue weighted by Crippen LogP contribution is 2.25. The second kappa shape index (κ2) is 18.7. The lowest BCUT2D eigenvalue weighted by molar-refractivity contribution is -0.141. The molecule has 272 valence electrons. The Morgan fingerprint density at radius 2 is 1.51 bits per heavy atom. The number of hydrogen-bond acceptors (Lipinski definition) is 6. The number of ether oxygens (including phenoxy) is 1. The van der Waals surface area contributed by atoms with Crippen molar-refractivity contribution in [3.63, 3.8) is 0 Å². The Balaban J connectivity index is 1.58. The average molecular weight is 698 g/mol. The molecule has 1 aliphatic rings. The largest absolute Gasteiger partial charge is 0.497 e. The SMILES string of the molecule is COc1ccc(C[C@@H]2NC(=O)[C@@H](CC(C)C)NC(=O)CCCN(C(=O)c3ccccc3-c3ccccc3)CCCNC(=O)[C@H](C)N(C)C2=O)cc1. The van der Waals surface area contributed by atoms with Crippen molar-refractivity contribution in [3.05, 3.63) is 90.0 Å². The molecule has 51 heavy (non-hydrogen) atoms. The van der Waals surface area contributed by atoms with Crippen LogP contribution in [-0.2, 0) is 25.6 Å². The molecule has 0 aliphatic carbocycles. The third kappa shape index (κ3) is 10.9. The Morgan fingerprint density at radius 3 is 2.20 bits per heavy atom. The van der Waals surface area contributed by atoms with E-state index in [0.29, 0.717) is 43.7 Å². The monoisotopic (exact) mass is 697 g/mol. The number of likely N-dealkylation sites (N-methyl/N-ethyl adjacent to an activating group) is 1. The van der Waals surface area contributed by atoms with Gasteiger partial charge in [0.2, 0.25) is 23.6 Å². The normalized spacial score (nSPS) is 20.2. The number of carbonyl (C=O) groups excluding carboxylic acids is 5. The zero-order valence-electron chi connectivity index (χ0n) is 30.3. The van der Waals surface area contributed by atoms with E-state index in [2.05, 4.69) is 16.0 Å². The summed E-state index contributed by atoms with van der Waals surface area (Å²) in [5.74, 6) is -1.03. The molecule has 5 amide bonds. The van der Waals surface area contributed by atoms with Crippen molar-refractivity contribution in [2.45, 2.75) is 71.0 Å². The maximum Gasteiger partial charge on any atom is 0.254 e. The number of rotatable bonds is 7. The molecule has 0 spiro atoms. The molecule has 3 aromatic carbocycles. The van der Waals surface area contributed by atoms with E-state index in [1.165, 1.54) is 11.9 Å². The van der Waals surface area contributed by atoms with Crippen LogP contribution in [0.5, 0.6) is 5.75 Å². The quantitative estimate of drug-likeness (QED) is 0.339. The Morgan fingerprint density at radius 1 is 0.843 bits per heavy atom. The molecule has 4 rings (SSSR count). The van der Waals surface area contributed by atoms with Crippen LogP contribution in [0.15, 0.2) is 78.9 Å². The van der Waals surface area contributed by atoms with Gasteiger partial charge in [-0.25, -0.2) is 0 Å². The summed E-state index contributed by atoms with van der Waals surface area (Å²) in [4.78, 5) is 71.4. The minimum atomic E-state index is -0.991. The first-order chi connectivity index (χ1) is 24.5. The van der Waals surface area contributed by atoms with Crippen molar-refractivity contribution in [3.8, 4) is 16.9 Å². The van der Waals surface area contributed by atoms with Gasteiger partial charge in [0, 0.05) is 45.1 Å². The highest BCUT2D eigenvalue weighted by molar-refractivity contribution is 6.01. The zero-order chi connectivity index (χ0) is 36.9. The van der Waals surface area contributed by atoms with Crippen LogP contribution < -0.4 is 20.7 Å². The fraction of sp³-hybridized carbons (Fsp3) is 0.425. The Hall–Kier alpha value is -5.19. The summed E-state index contributed by atoms with van der Waals surface area (Å²) in [7, 11) is 3.10. The van der Waals surface area contributed by atoms with Crippen molar-refractivity contribution in [1.29, 1.82) is 0 Å². The van der Waals surface area contributed by atoms with E-state index in [4.69, 9.17) is 4.74 Å². The molecule has 0 bridgehead atoms. The van der Waals surface area contributed by atoms with Crippen LogP contribution in [0.2, 0.25) is 0 Å². The predicted octanol–water partition coefficient (Wildman–Crippen LogP) is 4.21. The lowest BCUT2D eigenvalue weighted by Gasteiger charge is -2.30. The molecule has 3 N–H and O–H groups in total. The fourth-order valence-corrected chi connectivity index (χ4v) is 6.14. The molecule has 0 saturated carbocycles. The third-order valence-corrected chi connectivity index (χ3v) is 9.15. The van der Waals surface area contributed by atoms with Gasteiger partial charge in [-0.1, -0.05) is 74.5 Å². The second-order valence-corrected chi connectivity index (χ2v) is 13.4. The number of carbonyl (C=O) groups is 5. The van der Waals surface area contributed by atoms with E-state index in [1.807, 2.05) is 74.5 Å². The van der Waals surface area contributed by atoms with Gasteiger partial charge in [-0.2, -0.15) is 0 Å². The van der Waals surface area contributed by atoms with Crippen molar-refractivity contribution < 1.29 is 28.7 Å². The molecule has 0 aromatic heterocycles. The van der Waals surface area contributed by atoms with Crippen LogP contribution in [0.25, 0.3) is 11.1 Å². The summed E-state index contributed by atoms with van der Waals surface area (Å²) >= 11 is 0. The molecule has 11 nitrogen and oxygen atoms in total. The van der Waals surface area contributed by atoms with E-state index in [9.17, 15) is 24.0 Å². The van der Waals surface area contributed by atoms with Crippen molar-refractivity contribution in [2.24, 2.45) is 5.92 Å². The maximum absolute atomic E-state index is 14.0. The molecule has 1 saturated heterocycles. The summed E-state index contributed by atoms with van der Waals surface area (Å²) in [6.45, 7) is 6.47. The van der Waals surface area contributed by atoms with E-state index < -0.39 is 29.9 Å². The lowest BCUT2D eigenvalue weighted by atomic mass is 9.98. The van der Waals surface area contributed by atoms with E-state index in [1.54, 1.807) is 37.1 Å². The van der Waals surface area contributed by atoms with Crippen molar-refractivity contribution >= 4 is 29.5 Å². The number of hydrogen-bond donors (Lipinski definition) is 3. The van der Waals surface area contributed by atoms with Gasteiger partial charge in [0.15, 0.2) is 0 Å². The van der Waals surface area contributed by atoms with Crippen LogP contribution in [0.4, 0.5) is 0 Å². The molecule has 11 heteroatoms. The summed E-state index contributed by atoms with van der Waals surface area (Å²) in [6, 6.07) is 21.6. The van der Waals surface area contributed by atoms with Crippen LogP contribution in [0.1, 0.15) is 62.4 Å². The first-order valence-electron chi connectivity index (χ1n) is 17.7. The van der Waals surface area contributed by atoms with Gasteiger partial charge in [-0.05, 0) is 67.0 Å². The second-order valence-electron chi connectivity index (χ2n) is 13.4. The lowest BCUT2D eigenvalue weighted by Crippen LogP contribution is -2.57. The van der Waals surface area contributed by atoms with E-state index in [-0.39, 0.29) is 43.0 Å². The molecule has 0 unspecified atom stereocenters. The van der Waals surface area contributed by atoms with Crippen LogP contribution in [0.3, 0.4) is 0 Å². The van der Waals surface area contributed by atoms with Gasteiger partial charge in [-0.15, -0.1) is 0 Å². The summed E-state index contributed by atoms with van der Waals surface area (Å²) in [6.07, 6.45) is 1.46.